The Morgan fingerprint density at radius 2 is 1.86 bits per heavy atom. The van der Waals surface area contributed by atoms with Crippen LogP contribution in [0.1, 0.15) is 5.56 Å². The number of nitrogens with one attached hydrogen (secondary N) is 1. The Balaban J connectivity index is 3.16. The number of phenols is 1. The Morgan fingerprint density at radius 3 is 2.36 bits per heavy atom. The van der Waals surface area contributed by atoms with Crippen molar-refractivity contribution in [2.45, 2.75) is 0 Å². The van der Waals surface area contributed by atoms with Crippen molar-refractivity contribution < 1.29 is 20.0 Å². The van der Waals surface area contributed by atoms with Gasteiger partial charge in [0.05, 0.1) is 27.7 Å². The minimum absolute atomic E-state index is 0.373. The molecule has 1 aromatic carbocycles. The summed E-state index contributed by atoms with van der Waals surface area (Å²) in [5, 5.41) is 45.8. The normalized spacial score (nSPS) is 11.4. The summed E-state index contributed by atoms with van der Waals surface area (Å²) < 4.78 is 0. The predicted molar refractivity (Wildman–Crippen MR) is 70.8 cm³/mol. The van der Waals surface area contributed by atoms with E-state index in [9.17, 15) is 35.4 Å². The lowest BCUT2D eigenvalue weighted by Crippen LogP contribution is -2.28. The number of nitrogens with zero attached hydrogens (tertiary/aromatic N) is 5. The van der Waals surface area contributed by atoms with Crippen molar-refractivity contribution in [1.82, 2.24) is 5.43 Å². The number of guanidine groups is 1. The number of rotatable bonds is 5. The van der Waals surface area contributed by atoms with Crippen LogP contribution in [0.4, 0.5) is 11.4 Å². The second kappa shape index (κ2) is 6.55. The van der Waals surface area contributed by atoms with Crippen LogP contribution in [0, 0.1) is 30.3 Å². The molecule has 0 saturated carbocycles. The first-order chi connectivity index (χ1) is 10.2. The van der Waals surface area contributed by atoms with Gasteiger partial charge >= 0.3 is 5.69 Å². The fourth-order valence-corrected chi connectivity index (χ4v) is 1.25. The number of hydrogen-bond donors (Lipinski definition) is 3. The first-order valence-corrected chi connectivity index (χ1v) is 5.15. The van der Waals surface area contributed by atoms with Crippen LogP contribution in [0.3, 0.4) is 0 Å². The number of benzene rings is 1. The number of hydrazone groups is 2. The van der Waals surface area contributed by atoms with Gasteiger partial charge in [0, 0.05) is 6.07 Å². The van der Waals surface area contributed by atoms with E-state index in [-0.39, 0.29) is 5.56 Å². The van der Waals surface area contributed by atoms with E-state index in [0.717, 1.165) is 12.3 Å². The topological polar surface area (TPSA) is 212 Å². The van der Waals surface area contributed by atoms with Gasteiger partial charge in [0.2, 0.25) is 5.75 Å². The number of nitro benzene ring substituents is 2. The fraction of sp³-hybridized carbons (Fsp3) is 0. The van der Waals surface area contributed by atoms with Crippen molar-refractivity contribution in [1.29, 1.82) is 0 Å². The third kappa shape index (κ3) is 4.08. The summed E-state index contributed by atoms with van der Waals surface area (Å²) in [7, 11) is 0. The molecule has 0 aliphatic heterocycles. The lowest BCUT2D eigenvalue weighted by Gasteiger charge is -2.01. The van der Waals surface area contributed by atoms with Gasteiger partial charge in [0.1, 0.15) is 5.10 Å². The van der Waals surface area contributed by atoms with Crippen molar-refractivity contribution in [2.24, 2.45) is 15.9 Å². The molecule has 22 heavy (non-hydrogen) atoms. The van der Waals surface area contributed by atoms with Crippen LogP contribution >= 0.6 is 0 Å². The third-order valence-corrected chi connectivity index (χ3v) is 2.08. The zero-order chi connectivity index (χ0) is 16.9. The second-order valence-electron chi connectivity index (χ2n) is 3.51. The van der Waals surface area contributed by atoms with Crippen LogP contribution in [0.2, 0.25) is 0 Å². The van der Waals surface area contributed by atoms with Crippen LogP contribution in [0.5, 0.6) is 5.75 Å². The average Bonchev–Trinajstić information content (AvgIpc) is 2.39. The van der Waals surface area contributed by atoms with Gasteiger partial charge in [-0.25, -0.2) is 15.5 Å². The molecule has 0 aromatic heterocycles. The molecule has 0 atom stereocenters. The highest BCUT2D eigenvalue weighted by Gasteiger charge is 2.23. The van der Waals surface area contributed by atoms with E-state index in [4.69, 9.17) is 5.73 Å². The molecule has 0 heterocycles. The molecule has 1 rings (SSSR count). The number of phenolic OH excluding ortho intramolecular Hbond substituents is 1. The molecule has 0 amide bonds. The number of nitro groups is 3. The molecule has 0 fully saturated rings. The zero-order valence-corrected chi connectivity index (χ0v) is 10.4. The van der Waals surface area contributed by atoms with Gasteiger partial charge in [-0.15, -0.1) is 0 Å². The highest BCUT2D eigenvalue weighted by Crippen LogP contribution is 2.33. The number of hydrogen-bond acceptors (Lipinski definition) is 8. The third-order valence-electron chi connectivity index (χ3n) is 2.08. The Hall–Kier alpha value is -3.84. The second-order valence-corrected chi connectivity index (χ2v) is 3.51. The van der Waals surface area contributed by atoms with Crippen molar-refractivity contribution in [3.05, 3.63) is 48.0 Å². The molecule has 116 valence electrons. The molecule has 0 aliphatic carbocycles. The number of aromatic hydroxyl groups is 1. The first kappa shape index (κ1) is 16.2. The first-order valence-electron chi connectivity index (χ1n) is 5.15. The predicted octanol–water partition coefficient (Wildman–Crippen LogP) is -0.362. The molecular weight excluding hydrogens is 306 g/mol. The molecule has 1 aromatic rings. The van der Waals surface area contributed by atoms with E-state index in [0.29, 0.717) is 6.07 Å². The van der Waals surface area contributed by atoms with Crippen LogP contribution in [0.25, 0.3) is 0 Å². The summed E-state index contributed by atoms with van der Waals surface area (Å²) in [4.78, 5) is 29.4. The van der Waals surface area contributed by atoms with Gasteiger partial charge in [-0.05, 0) is 0 Å². The van der Waals surface area contributed by atoms with Crippen molar-refractivity contribution in [2.75, 3.05) is 0 Å². The summed E-state index contributed by atoms with van der Waals surface area (Å²) in [5.74, 6) is -1.58. The van der Waals surface area contributed by atoms with Crippen molar-refractivity contribution >= 4 is 23.5 Å². The number of nitrogens with two attached hydrogens (primary N) is 1. The summed E-state index contributed by atoms with van der Waals surface area (Å²) in [5.41, 5.74) is 5.00. The van der Waals surface area contributed by atoms with Gasteiger partial charge in [0.25, 0.3) is 11.6 Å². The summed E-state index contributed by atoms with van der Waals surface area (Å²) in [6.07, 6.45) is 0.748. The van der Waals surface area contributed by atoms with E-state index in [1.807, 2.05) is 5.43 Å². The van der Waals surface area contributed by atoms with Crippen LogP contribution in [-0.4, -0.2) is 32.2 Å². The Kier molecular flexibility index (Phi) is 4.83. The fourth-order valence-electron chi connectivity index (χ4n) is 1.25. The molecule has 0 radical (unpaired) electrons. The molecule has 0 aliphatic rings. The van der Waals surface area contributed by atoms with Crippen molar-refractivity contribution in [3.8, 4) is 5.75 Å². The smallest absolute Gasteiger partial charge is 0.318 e. The van der Waals surface area contributed by atoms with Crippen molar-refractivity contribution in [3.63, 3.8) is 0 Å². The SMILES string of the molecule is N/C(=N/[N+](=O)[O-])N/N=C/c1cc([N+](=O)[O-])cc([N+](=O)[O-])c1O. The molecular formula is C8H7N7O7. The Morgan fingerprint density at radius 1 is 1.23 bits per heavy atom. The van der Waals surface area contributed by atoms with Gasteiger partial charge in [0.15, 0.2) is 5.03 Å². The maximum atomic E-state index is 10.7. The standard InChI is InChI=1S/C8H7N7O7/c9-8(12-15(21)22)11-10-3-4-1-5(13(17)18)2-6(7(4)16)14(19)20/h1-3,16H,(H3,9,11,12)/b10-3+. The molecule has 0 saturated heterocycles. The van der Waals surface area contributed by atoms with E-state index >= 15 is 0 Å². The quantitative estimate of drug-likeness (QED) is 0.279. The highest BCUT2D eigenvalue weighted by molar-refractivity contribution is 5.88. The van der Waals surface area contributed by atoms with E-state index in [1.165, 1.54) is 0 Å². The van der Waals surface area contributed by atoms with E-state index < -0.39 is 38.0 Å². The molecule has 0 spiro atoms. The van der Waals surface area contributed by atoms with Crippen LogP contribution in [0.15, 0.2) is 22.3 Å². The average molecular weight is 313 g/mol. The van der Waals surface area contributed by atoms with Gasteiger partial charge in [-0.2, -0.15) is 5.10 Å². The zero-order valence-electron chi connectivity index (χ0n) is 10.4. The maximum Gasteiger partial charge on any atom is 0.318 e. The maximum absolute atomic E-state index is 10.7. The molecule has 4 N–H and O–H groups in total. The van der Waals surface area contributed by atoms with Gasteiger partial charge < -0.3 is 10.8 Å². The summed E-state index contributed by atoms with van der Waals surface area (Å²) in [6, 6.07) is 1.39. The monoisotopic (exact) mass is 313 g/mol. The van der Waals surface area contributed by atoms with E-state index in [2.05, 4.69) is 10.2 Å². The van der Waals surface area contributed by atoms with Gasteiger partial charge in [-0.3, -0.25) is 20.2 Å². The lowest BCUT2D eigenvalue weighted by molar-refractivity contribution is -0.485. The minimum atomic E-state index is -1.10. The number of non-ortho nitro benzene ring substituents is 1. The molecule has 0 bridgehead atoms. The van der Waals surface area contributed by atoms with Crippen LogP contribution in [-0.2, 0) is 0 Å². The van der Waals surface area contributed by atoms with E-state index in [1.54, 1.807) is 0 Å². The largest absolute Gasteiger partial charge is 0.502 e. The van der Waals surface area contributed by atoms with Crippen LogP contribution < -0.4 is 11.2 Å². The molecule has 14 nitrogen and oxygen atoms in total. The highest BCUT2D eigenvalue weighted by atomic mass is 16.7. The minimum Gasteiger partial charge on any atom is -0.502 e. The molecule has 0 unspecified atom stereocenters. The Labute approximate surface area is 120 Å². The van der Waals surface area contributed by atoms with Gasteiger partial charge in [-0.1, -0.05) is 0 Å². The summed E-state index contributed by atoms with van der Waals surface area (Å²) in [6.45, 7) is 0. The summed E-state index contributed by atoms with van der Waals surface area (Å²) >= 11 is 0. The molecule has 14 heteroatoms. The lowest BCUT2D eigenvalue weighted by atomic mass is 10.1. The Bertz CT molecular complexity index is 698.